The molecular formula is C20H26N4O3S2. The number of sulfonamides is 1. The molecule has 4 rings (SSSR count). The Morgan fingerprint density at radius 3 is 2.38 bits per heavy atom. The predicted octanol–water partition coefficient (Wildman–Crippen LogP) is 2.23. The van der Waals surface area contributed by atoms with Crippen LogP contribution in [-0.4, -0.2) is 73.7 Å². The molecule has 2 aliphatic rings. The molecule has 2 fully saturated rings. The van der Waals surface area contributed by atoms with Gasteiger partial charge in [-0.15, -0.1) is 11.3 Å². The Morgan fingerprint density at radius 2 is 1.79 bits per heavy atom. The summed E-state index contributed by atoms with van der Waals surface area (Å²) < 4.78 is 25.5. The first-order valence-corrected chi connectivity index (χ1v) is 12.1. The summed E-state index contributed by atoms with van der Waals surface area (Å²) in [5, 5.41) is 3.34. The van der Waals surface area contributed by atoms with Crippen LogP contribution in [0.15, 0.2) is 34.5 Å². The summed E-state index contributed by atoms with van der Waals surface area (Å²) >= 11 is 1.73. The molecule has 0 unspecified atom stereocenters. The Balaban J connectivity index is 1.32. The first-order valence-electron chi connectivity index (χ1n) is 9.83. The number of hydrogen-bond donors (Lipinski definition) is 0. The third-order valence-corrected chi connectivity index (χ3v) is 8.14. The minimum atomic E-state index is -3.48. The van der Waals surface area contributed by atoms with Gasteiger partial charge in [-0.3, -0.25) is 9.69 Å². The highest BCUT2D eigenvalue weighted by atomic mass is 32.2. The molecule has 1 aromatic heterocycles. The number of hydrogen-bond acceptors (Lipinski definition) is 6. The van der Waals surface area contributed by atoms with E-state index in [2.05, 4.69) is 10.3 Å². The Labute approximate surface area is 176 Å². The molecule has 156 valence electrons. The van der Waals surface area contributed by atoms with Gasteiger partial charge in [-0.25, -0.2) is 17.7 Å². The minimum Gasteiger partial charge on any atom is -0.336 e. The molecule has 1 amide bonds. The topological polar surface area (TPSA) is 73.8 Å². The zero-order valence-electron chi connectivity index (χ0n) is 16.7. The molecule has 1 aromatic carbocycles. The average molecular weight is 435 g/mol. The molecule has 1 saturated carbocycles. The van der Waals surface area contributed by atoms with E-state index < -0.39 is 10.0 Å². The van der Waals surface area contributed by atoms with Crippen molar-refractivity contribution in [3.05, 3.63) is 45.9 Å². The summed E-state index contributed by atoms with van der Waals surface area (Å²) in [6.45, 7) is 3.81. The van der Waals surface area contributed by atoms with Crippen LogP contribution in [0.4, 0.5) is 0 Å². The second-order valence-corrected chi connectivity index (χ2v) is 10.9. The Morgan fingerprint density at radius 1 is 1.14 bits per heavy atom. The van der Waals surface area contributed by atoms with Crippen LogP contribution in [0.2, 0.25) is 0 Å². The number of rotatable bonds is 6. The average Bonchev–Trinajstić information content (AvgIpc) is 3.47. The van der Waals surface area contributed by atoms with Crippen molar-refractivity contribution in [2.24, 2.45) is 0 Å². The molecular weight excluding hydrogens is 408 g/mol. The highest BCUT2D eigenvalue weighted by molar-refractivity contribution is 7.89. The predicted molar refractivity (Wildman–Crippen MR) is 113 cm³/mol. The van der Waals surface area contributed by atoms with Crippen molar-refractivity contribution >= 4 is 27.3 Å². The quantitative estimate of drug-likeness (QED) is 0.697. The lowest BCUT2D eigenvalue weighted by Gasteiger charge is -2.34. The van der Waals surface area contributed by atoms with Crippen molar-refractivity contribution in [1.82, 2.24) is 19.1 Å². The summed E-state index contributed by atoms with van der Waals surface area (Å²) in [4.78, 5) is 21.9. The Hall–Kier alpha value is -1.81. The molecule has 0 bridgehead atoms. The lowest BCUT2D eigenvalue weighted by Crippen LogP contribution is -2.48. The highest BCUT2D eigenvalue weighted by Crippen LogP contribution is 2.40. The Kier molecular flexibility index (Phi) is 5.74. The van der Waals surface area contributed by atoms with Crippen molar-refractivity contribution in [1.29, 1.82) is 0 Å². The SMILES string of the molecule is CN(C)S(=O)(=O)c1ccc(C(=O)N2CCN(Cc3nc(C4CC4)cs3)CC2)cc1. The van der Waals surface area contributed by atoms with E-state index in [4.69, 9.17) is 4.98 Å². The summed E-state index contributed by atoms with van der Waals surface area (Å²) in [7, 11) is -0.500. The lowest BCUT2D eigenvalue weighted by atomic mass is 10.2. The van der Waals surface area contributed by atoms with Crippen molar-refractivity contribution in [2.45, 2.75) is 30.2 Å². The number of nitrogens with zero attached hydrogens (tertiary/aromatic N) is 4. The molecule has 1 saturated heterocycles. The first kappa shape index (κ1) is 20.5. The van der Waals surface area contributed by atoms with E-state index in [9.17, 15) is 13.2 Å². The maximum Gasteiger partial charge on any atom is 0.253 e. The number of piperazine rings is 1. The van der Waals surface area contributed by atoms with E-state index in [1.807, 2.05) is 4.90 Å². The zero-order valence-corrected chi connectivity index (χ0v) is 18.4. The largest absolute Gasteiger partial charge is 0.336 e. The van der Waals surface area contributed by atoms with Crippen molar-refractivity contribution in [2.75, 3.05) is 40.3 Å². The number of benzene rings is 1. The molecule has 0 atom stereocenters. The number of aromatic nitrogens is 1. The van der Waals surface area contributed by atoms with E-state index in [0.717, 1.165) is 24.6 Å². The van der Waals surface area contributed by atoms with E-state index in [1.165, 1.54) is 49.1 Å². The summed E-state index contributed by atoms with van der Waals surface area (Å²) in [6.07, 6.45) is 2.54. The van der Waals surface area contributed by atoms with Crippen molar-refractivity contribution < 1.29 is 13.2 Å². The van der Waals surface area contributed by atoms with Gasteiger partial charge in [0.1, 0.15) is 5.01 Å². The van der Waals surface area contributed by atoms with E-state index in [0.29, 0.717) is 24.6 Å². The molecule has 1 aliphatic carbocycles. The van der Waals surface area contributed by atoms with Gasteiger partial charge in [0.2, 0.25) is 10.0 Å². The maximum absolute atomic E-state index is 12.8. The normalized spacial score (nSPS) is 18.4. The van der Waals surface area contributed by atoms with Crippen LogP contribution < -0.4 is 0 Å². The number of carbonyl (C=O) groups excluding carboxylic acids is 1. The molecule has 0 spiro atoms. The monoisotopic (exact) mass is 434 g/mol. The van der Waals surface area contributed by atoms with Crippen LogP contribution in [-0.2, 0) is 16.6 Å². The van der Waals surface area contributed by atoms with Gasteiger partial charge in [-0.2, -0.15) is 0 Å². The van der Waals surface area contributed by atoms with Gasteiger partial charge in [0.25, 0.3) is 5.91 Å². The van der Waals surface area contributed by atoms with Crippen LogP contribution in [0.1, 0.15) is 39.8 Å². The van der Waals surface area contributed by atoms with Gasteiger partial charge < -0.3 is 4.90 Å². The van der Waals surface area contributed by atoms with Crippen molar-refractivity contribution in [3.63, 3.8) is 0 Å². The maximum atomic E-state index is 12.8. The van der Waals surface area contributed by atoms with E-state index >= 15 is 0 Å². The highest BCUT2D eigenvalue weighted by Gasteiger charge is 2.27. The van der Waals surface area contributed by atoms with Gasteiger partial charge in [0.05, 0.1) is 17.1 Å². The fraction of sp³-hybridized carbons (Fsp3) is 0.500. The molecule has 1 aliphatic heterocycles. The molecule has 0 N–H and O–H groups in total. The summed E-state index contributed by atoms with van der Waals surface area (Å²) in [5.74, 6) is 0.636. The number of thiazole rings is 1. The zero-order chi connectivity index (χ0) is 20.6. The van der Waals surface area contributed by atoms with E-state index in [-0.39, 0.29) is 10.8 Å². The molecule has 9 heteroatoms. The van der Waals surface area contributed by atoms with E-state index in [1.54, 1.807) is 23.5 Å². The van der Waals surface area contributed by atoms with Gasteiger partial charge in [0.15, 0.2) is 0 Å². The van der Waals surface area contributed by atoms with Crippen LogP contribution >= 0.6 is 11.3 Å². The fourth-order valence-electron chi connectivity index (χ4n) is 3.43. The summed E-state index contributed by atoms with van der Waals surface area (Å²) in [5.41, 5.74) is 1.77. The van der Waals surface area contributed by atoms with Gasteiger partial charge >= 0.3 is 0 Å². The molecule has 2 aromatic rings. The van der Waals surface area contributed by atoms with Gasteiger partial charge in [0, 0.05) is 57.1 Å². The van der Waals surface area contributed by atoms with Crippen LogP contribution in [0, 0.1) is 0 Å². The molecule has 29 heavy (non-hydrogen) atoms. The van der Waals surface area contributed by atoms with Crippen LogP contribution in [0.3, 0.4) is 0 Å². The van der Waals surface area contributed by atoms with Crippen LogP contribution in [0.25, 0.3) is 0 Å². The smallest absolute Gasteiger partial charge is 0.253 e. The fourth-order valence-corrected chi connectivity index (χ4v) is 5.25. The van der Waals surface area contributed by atoms with Crippen LogP contribution in [0.5, 0.6) is 0 Å². The molecule has 0 radical (unpaired) electrons. The lowest BCUT2D eigenvalue weighted by molar-refractivity contribution is 0.0628. The molecule has 2 heterocycles. The third kappa shape index (κ3) is 4.53. The second-order valence-electron chi connectivity index (χ2n) is 7.82. The number of carbonyl (C=O) groups is 1. The minimum absolute atomic E-state index is 0.0521. The van der Waals surface area contributed by atoms with Crippen molar-refractivity contribution in [3.8, 4) is 0 Å². The third-order valence-electron chi connectivity index (χ3n) is 5.46. The summed E-state index contributed by atoms with van der Waals surface area (Å²) in [6, 6.07) is 6.19. The number of amides is 1. The second kappa shape index (κ2) is 8.14. The van der Waals surface area contributed by atoms with Gasteiger partial charge in [-0.05, 0) is 37.1 Å². The molecule has 7 nitrogen and oxygen atoms in total. The van der Waals surface area contributed by atoms with Gasteiger partial charge in [-0.1, -0.05) is 0 Å². The standard InChI is InChI=1S/C20H26N4O3S2/c1-22(2)29(26,27)17-7-5-16(6-8-17)20(25)24-11-9-23(10-12-24)13-19-21-18(14-28-19)15-3-4-15/h5-8,14-15H,3-4,9-13H2,1-2H3. The first-order chi connectivity index (χ1) is 13.8. The Bertz CT molecular complexity index is 973.